The van der Waals surface area contributed by atoms with E-state index in [4.69, 9.17) is 4.74 Å². The molecule has 3 rings (SSSR count). The molecule has 1 fully saturated rings. The Morgan fingerprint density at radius 2 is 2.04 bits per heavy atom. The zero-order chi connectivity index (χ0) is 20.1. The number of nitrogens with zero attached hydrogens (tertiary/aromatic N) is 2. The fourth-order valence-corrected chi connectivity index (χ4v) is 2.94. The SMILES string of the molecule is COc1ccc(C(=O)NCc2ccc(N3CCNC(=O)C3)cc2)cc1[N+](=O)[O-]. The third-order valence-corrected chi connectivity index (χ3v) is 4.43. The quantitative estimate of drug-likeness (QED) is 0.576. The molecule has 1 aliphatic rings. The van der Waals surface area contributed by atoms with Gasteiger partial charge in [0.05, 0.1) is 18.6 Å². The number of ether oxygens (including phenoxy) is 1. The number of carbonyl (C=O) groups is 2. The minimum Gasteiger partial charge on any atom is -0.490 e. The molecule has 1 heterocycles. The first kappa shape index (κ1) is 19.2. The molecule has 0 radical (unpaired) electrons. The Balaban J connectivity index is 1.62. The van der Waals surface area contributed by atoms with Gasteiger partial charge in [-0.05, 0) is 29.8 Å². The molecule has 0 bridgehead atoms. The van der Waals surface area contributed by atoms with Gasteiger partial charge >= 0.3 is 5.69 Å². The van der Waals surface area contributed by atoms with Gasteiger partial charge < -0.3 is 20.3 Å². The number of methoxy groups -OCH3 is 1. The number of rotatable bonds is 6. The Hall–Kier alpha value is -3.62. The molecule has 1 aliphatic heterocycles. The second-order valence-electron chi connectivity index (χ2n) is 6.26. The average Bonchev–Trinajstić information content (AvgIpc) is 2.71. The Morgan fingerprint density at radius 3 is 2.68 bits per heavy atom. The second-order valence-corrected chi connectivity index (χ2v) is 6.26. The lowest BCUT2D eigenvalue weighted by atomic mass is 10.1. The second kappa shape index (κ2) is 8.38. The number of benzene rings is 2. The molecular formula is C19H20N4O5. The number of carbonyl (C=O) groups excluding carboxylic acids is 2. The van der Waals surface area contributed by atoms with Crippen LogP contribution in [0.25, 0.3) is 0 Å². The molecular weight excluding hydrogens is 364 g/mol. The fourth-order valence-electron chi connectivity index (χ4n) is 2.94. The van der Waals surface area contributed by atoms with Gasteiger partial charge in [-0.15, -0.1) is 0 Å². The van der Waals surface area contributed by atoms with E-state index in [-0.39, 0.29) is 29.5 Å². The van der Waals surface area contributed by atoms with Gasteiger partial charge in [-0.1, -0.05) is 12.1 Å². The van der Waals surface area contributed by atoms with Crippen molar-refractivity contribution in [2.45, 2.75) is 6.54 Å². The monoisotopic (exact) mass is 384 g/mol. The van der Waals surface area contributed by atoms with Gasteiger partial charge in [0.15, 0.2) is 5.75 Å². The van der Waals surface area contributed by atoms with E-state index in [2.05, 4.69) is 10.6 Å². The van der Waals surface area contributed by atoms with Crippen molar-refractivity contribution >= 4 is 23.2 Å². The van der Waals surface area contributed by atoms with Crippen LogP contribution in [0.5, 0.6) is 5.75 Å². The number of anilines is 1. The summed E-state index contributed by atoms with van der Waals surface area (Å²) in [6.07, 6.45) is 0. The van der Waals surface area contributed by atoms with Crippen molar-refractivity contribution in [3.63, 3.8) is 0 Å². The van der Waals surface area contributed by atoms with E-state index in [9.17, 15) is 19.7 Å². The highest BCUT2D eigenvalue weighted by molar-refractivity contribution is 5.95. The van der Waals surface area contributed by atoms with E-state index in [0.29, 0.717) is 13.1 Å². The number of nitro groups is 1. The molecule has 28 heavy (non-hydrogen) atoms. The number of amides is 2. The Bertz CT molecular complexity index is 898. The van der Waals surface area contributed by atoms with Crippen LogP contribution < -0.4 is 20.3 Å². The van der Waals surface area contributed by atoms with E-state index >= 15 is 0 Å². The summed E-state index contributed by atoms with van der Waals surface area (Å²) in [5.41, 5.74) is 1.74. The van der Waals surface area contributed by atoms with Crippen LogP contribution in [0.3, 0.4) is 0 Å². The van der Waals surface area contributed by atoms with Gasteiger partial charge in [-0.2, -0.15) is 0 Å². The van der Waals surface area contributed by atoms with Crippen molar-refractivity contribution in [2.24, 2.45) is 0 Å². The number of hydrogen-bond acceptors (Lipinski definition) is 6. The van der Waals surface area contributed by atoms with Crippen LogP contribution in [0, 0.1) is 10.1 Å². The lowest BCUT2D eigenvalue weighted by Crippen LogP contribution is -2.47. The summed E-state index contributed by atoms with van der Waals surface area (Å²) in [4.78, 5) is 36.3. The number of nitro benzene ring substituents is 1. The zero-order valence-corrected chi connectivity index (χ0v) is 15.3. The first-order valence-electron chi connectivity index (χ1n) is 8.69. The molecule has 146 valence electrons. The van der Waals surface area contributed by atoms with E-state index < -0.39 is 10.8 Å². The van der Waals surface area contributed by atoms with Crippen molar-refractivity contribution < 1.29 is 19.2 Å². The van der Waals surface area contributed by atoms with Gasteiger partial charge in [0.1, 0.15) is 0 Å². The van der Waals surface area contributed by atoms with E-state index in [1.165, 1.54) is 25.3 Å². The summed E-state index contributed by atoms with van der Waals surface area (Å²) in [7, 11) is 1.34. The average molecular weight is 384 g/mol. The van der Waals surface area contributed by atoms with Crippen molar-refractivity contribution in [3.05, 3.63) is 63.7 Å². The summed E-state index contributed by atoms with van der Waals surface area (Å²) in [5.74, 6) is -0.317. The highest BCUT2D eigenvalue weighted by atomic mass is 16.6. The largest absolute Gasteiger partial charge is 0.490 e. The van der Waals surface area contributed by atoms with Gasteiger partial charge in [-0.3, -0.25) is 19.7 Å². The normalized spacial score (nSPS) is 13.6. The van der Waals surface area contributed by atoms with Crippen molar-refractivity contribution in [2.75, 3.05) is 31.6 Å². The molecule has 2 N–H and O–H groups in total. The van der Waals surface area contributed by atoms with Crippen LogP contribution in [0.15, 0.2) is 42.5 Å². The van der Waals surface area contributed by atoms with Gasteiger partial charge in [-0.25, -0.2) is 0 Å². The third-order valence-electron chi connectivity index (χ3n) is 4.43. The van der Waals surface area contributed by atoms with E-state index in [1.807, 2.05) is 29.2 Å². The molecule has 0 aliphatic carbocycles. The Morgan fingerprint density at radius 1 is 1.29 bits per heavy atom. The standard InChI is InChI=1S/C19H20N4O5/c1-28-17-7-4-14(10-16(17)23(26)27)19(25)21-11-13-2-5-15(6-3-13)22-9-8-20-18(24)12-22/h2-7,10H,8-9,11-12H2,1H3,(H,20,24)(H,21,25). The molecule has 0 saturated carbocycles. The first-order valence-corrected chi connectivity index (χ1v) is 8.69. The zero-order valence-electron chi connectivity index (χ0n) is 15.3. The van der Waals surface area contributed by atoms with E-state index in [0.717, 1.165) is 17.8 Å². The Kier molecular flexibility index (Phi) is 5.73. The summed E-state index contributed by atoms with van der Waals surface area (Å²) in [6.45, 7) is 1.97. The number of nitrogens with one attached hydrogen (secondary N) is 2. The summed E-state index contributed by atoms with van der Waals surface area (Å²) < 4.78 is 4.94. The summed E-state index contributed by atoms with van der Waals surface area (Å²) in [5, 5.41) is 16.6. The molecule has 9 heteroatoms. The van der Waals surface area contributed by atoms with Crippen molar-refractivity contribution in [3.8, 4) is 5.75 Å². The summed E-state index contributed by atoms with van der Waals surface area (Å²) in [6, 6.07) is 11.6. The minimum atomic E-state index is -0.588. The molecule has 0 spiro atoms. The molecule has 1 saturated heterocycles. The maximum absolute atomic E-state index is 12.3. The highest BCUT2D eigenvalue weighted by Gasteiger charge is 2.18. The molecule has 2 aromatic carbocycles. The minimum absolute atomic E-state index is 0.00354. The predicted molar refractivity (Wildman–Crippen MR) is 102 cm³/mol. The van der Waals surface area contributed by atoms with Crippen LogP contribution in [0.2, 0.25) is 0 Å². The predicted octanol–water partition coefficient (Wildman–Crippen LogP) is 1.47. The molecule has 0 unspecified atom stereocenters. The van der Waals surface area contributed by atoms with Crippen LogP contribution >= 0.6 is 0 Å². The first-order chi connectivity index (χ1) is 13.5. The molecule has 0 aromatic heterocycles. The molecule has 2 amide bonds. The van der Waals surface area contributed by atoms with Crippen LogP contribution in [-0.2, 0) is 11.3 Å². The van der Waals surface area contributed by atoms with Gasteiger partial charge in [0.2, 0.25) is 5.91 Å². The molecule has 9 nitrogen and oxygen atoms in total. The van der Waals surface area contributed by atoms with Crippen molar-refractivity contribution in [1.29, 1.82) is 0 Å². The molecule has 0 atom stereocenters. The highest BCUT2D eigenvalue weighted by Crippen LogP contribution is 2.27. The van der Waals surface area contributed by atoms with Crippen LogP contribution in [-0.4, -0.2) is 43.5 Å². The Labute approximate surface area is 161 Å². The maximum Gasteiger partial charge on any atom is 0.311 e. The third kappa shape index (κ3) is 4.37. The summed E-state index contributed by atoms with van der Waals surface area (Å²) >= 11 is 0. The number of hydrogen-bond donors (Lipinski definition) is 2. The van der Waals surface area contributed by atoms with Gasteiger partial charge in [0, 0.05) is 37.0 Å². The fraction of sp³-hybridized carbons (Fsp3) is 0.263. The van der Waals surface area contributed by atoms with Crippen molar-refractivity contribution in [1.82, 2.24) is 10.6 Å². The molecule has 2 aromatic rings. The maximum atomic E-state index is 12.3. The number of piperazine rings is 1. The topological polar surface area (TPSA) is 114 Å². The smallest absolute Gasteiger partial charge is 0.311 e. The lowest BCUT2D eigenvalue weighted by Gasteiger charge is -2.28. The van der Waals surface area contributed by atoms with E-state index in [1.54, 1.807) is 0 Å². The van der Waals surface area contributed by atoms with Gasteiger partial charge in [0.25, 0.3) is 5.91 Å². The van der Waals surface area contributed by atoms with Crippen LogP contribution in [0.1, 0.15) is 15.9 Å². The van der Waals surface area contributed by atoms with Crippen LogP contribution in [0.4, 0.5) is 11.4 Å². The lowest BCUT2D eigenvalue weighted by molar-refractivity contribution is -0.385.